The Bertz CT molecular complexity index is 1120. The quantitative estimate of drug-likeness (QED) is 0.365. The van der Waals surface area contributed by atoms with Gasteiger partial charge in [-0.05, 0) is 33.6 Å². The summed E-state index contributed by atoms with van der Waals surface area (Å²) in [7, 11) is 0. The highest BCUT2D eigenvalue weighted by molar-refractivity contribution is 9.10. The van der Waals surface area contributed by atoms with Gasteiger partial charge in [0.1, 0.15) is 0 Å². The van der Waals surface area contributed by atoms with E-state index in [0.717, 1.165) is 16.4 Å². The van der Waals surface area contributed by atoms with Gasteiger partial charge in [-0.25, -0.2) is 4.98 Å². The SMILES string of the molecule is CC(=O)Nc1nc(CSc2nnc(-c3ccc(Br)o3)n2Cc2ccccc2)cs1. The largest absolute Gasteiger partial charge is 0.446 e. The van der Waals surface area contributed by atoms with Crippen molar-refractivity contribution in [1.29, 1.82) is 0 Å². The highest BCUT2D eigenvalue weighted by atomic mass is 79.9. The summed E-state index contributed by atoms with van der Waals surface area (Å²) in [4.78, 5) is 15.6. The number of carbonyl (C=O) groups is 1. The number of carbonyl (C=O) groups excluding carboxylic acids is 1. The van der Waals surface area contributed by atoms with Gasteiger partial charge >= 0.3 is 0 Å². The zero-order chi connectivity index (χ0) is 20.2. The summed E-state index contributed by atoms with van der Waals surface area (Å²) in [6, 6.07) is 13.8. The minimum absolute atomic E-state index is 0.129. The summed E-state index contributed by atoms with van der Waals surface area (Å²) in [6.45, 7) is 2.09. The van der Waals surface area contributed by atoms with Gasteiger partial charge in [-0.15, -0.1) is 21.5 Å². The molecule has 1 N–H and O–H groups in total. The molecule has 0 fully saturated rings. The third-order valence-electron chi connectivity index (χ3n) is 3.88. The van der Waals surface area contributed by atoms with Crippen molar-refractivity contribution in [3.63, 3.8) is 0 Å². The number of hydrogen-bond donors (Lipinski definition) is 1. The van der Waals surface area contributed by atoms with E-state index < -0.39 is 0 Å². The summed E-state index contributed by atoms with van der Waals surface area (Å²) >= 11 is 6.29. The highest BCUT2D eigenvalue weighted by Crippen LogP contribution is 2.30. The normalized spacial score (nSPS) is 11.0. The van der Waals surface area contributed by atoms with E-state index in [1.807, 2.05) is 40.3 Å². The second kappa shape index (κ2) is 8.93. The first-order valence-electron chi connectivity index (χ1n) is 8.66. The third-order valence-corrected chi connectivity index (χ3v) is 6.11. The average Bonchev–Trinajstić information content (AvgIpc) is 3.41. The Kier molecular flexibility index (Phi) is 6.12. The van der Waals surface area contributed by atoms with Crippen LogP contribution in [0.25, 0.3) is 11.6 Å². The van der Waals surface area contributed by atoms with Crippen molar-refractivity contribution in [2.24, 2.45) is 0 Å². The third kappa shape index (κ3) is 4.95. The predicted octanol–water partition coefficient (Wildman–Crippen LogP) is 5.06. The molecule has 148 valence electrons. The van der Waals surface area contributed by atoms with E-state index in [9.17, 15) is 4.79 Å². The molecule has 0 bridgehead atoms. The maximum atomic E-state index is 11.2. The van der Waals surface area contributed by atoms with Crippen LogP contribution in [-0.4, -0.2) is 25.7 Å². The van der Waals surface area contributed by atoms with Crippen LogP contribution in [0.1, 0.15) is 18.2 Å². The molecule has 0 atom stereocenters. The molecular weight excluding hydrogens is 474 g/mol. The molecule has 1 aromatic carbocycles. The molecule has 0 aliphatic rings. The fraction of sp³-hybridized carbons (Fsp3) is 0.158. The second-order valence-electron chi connectivity index (χ2n) is 6.10. The molecule has 0 saturated heterocycles. The molecule has 4 rings (SSSR count). The van der Waals surface area contributed by atoms with Crippen LogP contribution in [-0.2, 0) is 17.1 Å². The number of nitrogens with one attached hydrogen (secondary N) is 1. The maximum Gasteiger partial charge on any atom is 0.223 e. The van der Waals surface area contributed by atoms with Crippen LogP contribution in [0.3, 0.4) is 0 Å². The molecule has 3 heterocycles. The number of aromatic nitrogens is 4. The number of halogens is 1. The van der Waals surface area contributed by atoms with Crippen LogP contribution in [0.4, 0.5) is 5.13 Å². The van der Waals surface area contributed by atoms with Gasteiger partial charge in [0.15, 0.2) is 20.7 Å². The molecule has 7 nitrogen and oxygen atoms in total. The standard InChI is InChI=1S/C19H16BrN5O2S2/c1-12(26)21-18-22-14(10-28-18)11-29-19-24-23-17(15-7-8-16(20)27-15)25(19)9-13-5-3-2-4-6-13/h2-8,10H,9,11H2,1H3,(H,21,22,26). The topological polar surface area (TPSA) is 85.8 Å². The minimum Gasteiger partial charge on any atom is -0.446 e. The van der Waals surface area contributed by atoms with Gasteiger partial charge in [0.25, 0.3) is 0 Å². The Morgan fingerprint density at radius 3 is 2.79 bits per heavy atom. The Morgan fingerprint density at radius 2 is 2.07 bits per heavy atom. The molecule has 0 saturated carbocycles. The lowest BCUT2D eigenvalue weighted by Crippen LogP contribution is -2.05. The van der Waals surface area contributed by atoms with Crippen molar-refractivity contribution in [2.75, 3.05) is 5.32 Å². The summed E-state index contributed by atoms with van der Waals surface area (Å²) in [5, 5.41) is 14.7. The van der Waals surface area contributed by atoms with Gasteiger partial charge in [-0.3, -0.25) is 9.36 Å². The molecule has 0 aliphatic carbocycles. The highest BCUT2D eigenvalue weighted by Gasteiger charge is 2.18. The first-order valence-corrected chi connectivity index (χ1v) is 11.3. The molecule has 0 radical (unpaired) electrons. The van der Waals surface area contributed by atoms with Crippen molar-refractivity contribution in [1.82, 2.24) is 19.7 Å². The molecule has 29 heavy (non-hydrogen) atoms. The van der Waals surface area contributed by atoms with E-state index in [-0.39, 0.29) is 5.91 Å². The lowest BCUT2D eigenvalue weighted by molar-refractivity contribution is -0.114. The number of benzene rings is 1. The van der Waals surface area contributed by atoms with Crippen molar-refractivity contribution >= 4 is 50.1 Å². The van der Waals surface area contributed by atoms with Crippen molar-refractivity contribution in [3.8, 4) is 11.6 Å². The second-order valence-corrected chi connectivity index (χ2v) is 8.68. The number of furan rings is 1. The Morgan fingerprint density at radius 1 is 1.24 bits per heavy atom. The zero-order valence-electron chi connectivity index (χ0n) is 15.3. The van der Waals surface area contributed by atoms with Crippen LogP contribution >= 0.6 is 39.0 Å². The first kappa shape index (κ1) is 19.9. The number of nitrogens with zero attached hydrogens (tertiary/aromatic N) is 4. The first-order chi connectivity index (χ1) is 14.1. The zero-order valence-corrected chi connectivity index (χ0v) is 18.6. The van der Waals surface area contributed by atoms with Crippen LogP contribution in [0, 0.1) is 0 Å². The number of thiazole rings is 1. The van der Waals surface area contributed by atoms with Gasteiger partial charge in [-0.2, -0.15) is 0 Å². The van der Waals surface area contributed by atoms with Gasteiger partial charge in [-0.1, -0.05) is 42.1 Å². The molecule has 0 unspecified atom stereocenters. The monoisotopic (exact) mass is 489 g/mol. The van der Waals surface area contributed by atoms with E-state index in [0.29, 0.717) is 33.7 Å². The number of hydrogen-bond acceptors (Lipinski definition) is 7. The molecule has 10 heteroatoms. The lowest BCUT2D eigenvalue weighted by atomic mass is 10.2. The van der Waals surface area contributed by atoms with Crippen LogP contribution < -0.4 is 5.32 Å². The predicted molar refractivity (Wildman–Crippen MR) is 117 cm³/mol. The van der Waals surface area contributed by atoms with Gasteiger partial charge in [0.2, 0.25) is 11.7 Å². The van der Waals surface area contributed by atoms with Gasteiger partial charge in [0, 0.05) is 18.1 Å². The Balaban J connectivity index is 1.58. The Labute approximate surface area is 183 Å². The summed E-state index contributed by atoms with van der Waals surface area (Å²) < 4.78 is 8.37. The summed E-state index contributed by atoms with van der Waals surface area (Å²) in [6.07, 6.45) is 0. The molecular formula is C19H16BrN5O2S2. The van der Waals surface area contributed by atoms with E-state index in [1.54, 1.807) is 11.8 Å². The minimum atomic E-state index is -0.129. The number of amides is 1. The van der Waals surface area contributed by atoms with Crippen molar-refractivity contribution < 1.29 is 9.21 Å². The number of thioether (sulfide) groups is 1. The molecule has 3 aromatic heterocycles. The maximum absolute atomic E-state index is 11.2. The van der Waals surface area contributed by atoms with Crippen molar-refractivity contribution in [2.45, 2.75) is 24.4 Å². The van der Waals surface area contributed by atoms with E-state index in [4.69, 9.17) is 4.42 Å². The van der Waals surface area contributed by atoms with Gasteiger partial charge in [0.05, 0.1) is 12.2 Å². The molecule has 0 spiro atoms. The fourth-order valence-electron chi connectivity index (χ4n) is 2.64. The van der Waals surface area contributed by atoms with Crippen molar-refractivity contribution in [3.05, 3.63) is 63.8 Å². The number of anilines is 1. The van der Waals surface area contributed by atoms with Crippen LogP contribution in [0.15, 0.2) is 62.1 Å². The average molecular weight is 490 g/mol. The molecule has 1 amide bonds. The summed E-state index contributed by atoms with van der Waals surface area (Å²) in [5.41, 5.74) is 2.02. The lowest BCUT2D eigenvalue weighted by Gasteiger charge is -2.09. The smallest absolute Gasteiger partial charge is 0.223 e. The summed E-state index contributed by atoms with van der Waals surface area (Å²) in [5.74, 6) is 1.80. The van der Waals surface area contributed by atoms with E-state index >= 15 is 0 Å². The van der Waals surface area contributed by atoms with Crippen LogP contribution in [0.5, 0.6) is 0 Å². The molecule has 0 aliphatic heterocycles. The van der Waals surface area contributed by atoms with Gasteiger partial charge < -0.3 is 9.73 Å². The fourth-order valence-corrected chi connectivity index (χ4v) is 4.64. The molecule has 4 aromatic rings. The van der Waals surface area contributed by atoms with E-state index in [1.165, 1.54) is 18.3 Å². The van der Waals surface area contributed by atoms with Crippen LogP contribution in [0.2, 0.25) is 0 Å². The Hall–Kier alpha value is -2.43. The number of rotatable bonds is 7. The van der Waals surface area contributed by atoms with E-state index in [2.05, 4.69) is 48.6 Å².